The van der Waals surface area contributed by atoms with Crippen molar-refractivity contribution in [1.29, 1.82) is 0 Å². The molecule has 0 saturated carbocycles. The number of furan rings is 2. The number of aromatic nitrogens is 2. The third-order valence-corrected chi connectivity index (χ3v) is 5.25. The lowest BCUT2D eigenvalue weighted by atomic mass is 10.2. The molecule has 2 amide bonds. The fourth-order valence-corrected chi connectivity index (χ4v) is 3.69. The predicted octanol–water partition coefficient (Wildman–Crippen LogP) is 3.00. The van der Waals surface area contributed by atoms with E-state index < -0.39 is 0 Å². The first-order valence-corrected chi connectivity index (χ1v) is 9.45. The molecule has 10 heteroatoms. The van der Waals surface area contributed by atoms with Gasteiger partial charge in [0.1, 0.15) is 17.3 Å². The van der Waals surface area contributed by atoms with E-state index in [0.717, 1.165) is 0 Å². The molecule has 26 heavy (non-hydrogen) atoms. The summed E-state index contributed by atoms with van der Waals surface area (Å²) >= 11 is 2.46. The van der Waals surface area contributed by atoms with E-state index in [-0.39, 0.29) is 17.6 Å². The molecule has 0 aromatic carbocycles. The summed E-state index contributed by atoms with van der Waals surface area (Å²) in [6.07, 6.45) is 1.56. The number of hydrogen-bond donors (Lipinski definition) is 2. The molecule has 2 N–H and O–H groups in total. The summed E-state index contributed by atoms with van der Waals surface area (Å²) in [5, 5.41) is 13.7. The second-order valence-electron chi connectivity index (χ2n) is 5.30. The summed E-state index contributed by atoms with van der Waals surface area (Å²) in [6.45, 7) is 3.85. The van der Waals surface area contributed by atoms with Gasteiger partial charge in [0.05, 0.1) is 24.1 Å². The number of amides is 2. The molecule has 8 nitrogen and oxygen atoms in total. The van der Waals surface area contributed by atoms with Gasteiger partial charge < -0.3 is 14.2 Å². The van der Waals surface area contributed by atoms with Gasteiger partial charge in [0.15, 0.2) is 4.34 Å². The number of anilines is 1. The van der Waals surface area contributed by atoms with Gasteiger partial charge in [0.2, 0.25) is 11.0 Å². The molecule has 0 atom stereocenters. The van der Waals surface area contributed by atoms with Gasteiger partial charge in [-0.05, 0) is 32.0 Å². The van der Waals surface area contributed by atoms with Crippen molar-refractivity contribution in [3.63, 3.8) is 0 Å². The zero-order chi connectivity index (χ0) is 18.5. The van der Waals surface area contributed by atoms with Crippen LogP contribution in [0.4, 0.5) is 5.13 Å². The van der Waals surface area contributed by atoms with Crippen LogP contribution in [-0.2, 0) is 11.3 Å². The molecule has 0 aliphatic heterocycles. The number of carbonyl (C=O) groups is 2. The van der Waals surface area contributed by atoms with Crippen molar-refractivity contribution < 1.29 is 18.4 Å². The van der Waals surface area contributed by atoms with Crippen LogP contribution in [0.5, 0.6) is 0 Å². The lowest BCUT2D eigenvalue weighted by Gasteiger charge is -2.01. The Morgan fingerprint density at radius 1 is 1.31 bits per heavy atom. The van der Waals surface area contributed by atoms with E-state index in [9.17, 15) is 9.59 Å². The van der Waals surface area contributed by atoms with Crippen molar-refractivity contribution in [2.24, 2.45) is 0 Å². The third kappa shape index (κ3) is 4.73. The van der Waals surface area contributed by atoms with Crippen LogP contribution in [0.1, 0.15) is 27.6 Å². The molecule has 0 spiro atoms. The molecule has 0 aliphatic carbocycles. The Hall–Kier alpha value is -2.59. The van der Waals surface area contributed by atoms with E-state index in [1.807, 2.05) is 0 Å². The summed E-state index contributed by atoms with van der Waals surface area (Å²) in [5.41, 5.74) is 0.462. The SMILES string of the molecule is Cc1cc(C(=O)Nc2nnc(SCC(=O)NCc3ccco3)s2)c(C)o1. The quantitative estimate of drug-likeness (QED) is 0.470. The summed E-state index contributed by atoms with van der Waals surface area (Å²) in [6, 6.07) is 5.22. The van der Waals surface area contributed by atoms with Gasteiger partial charge in [0.25, 0.3) is 5.91 Å². The van der Waals surface area contributed by atoms with Crippen LogP contribution >= 0.6 is 23.1 Å². The Morgan fingerprint density at radius 2 is 2.15 bits per heavy atom. The van der Waals surface area contributed by atoms with Crippen molar-refractivity contribution in [3.8, 4) is 0 Å². The summed E-state index contributed by atoms with van der Waals surface area (Å²) in [7, 11) is 0. The first-order chi connectivity index (χ1) is 12.5. The van der Waals surface area contributed by atoms with Crippen molar-refractivity contribution in [2.45, 2.75) is 24.7 Å². The van der Waals surface area contributed by atoms with Gasteiger partial charge in [-0.2, -0.15) is 0 Å². The van der Waals surface area contributed by atoms with E-state index in [1.54, 1.807) is 38.3 Å². The number of nitrogens with zero attached hydrogens (tertiary/aromatic N) is 2. The summed E-state index contributed by atoms with van der Waals surface area (Å²) in [5.74, 6) is 1.66. The van der Waals surface area contributed by atoms with Crippen LogP contribution < -0.4 is 10.6 Å². The van der Waals surface area contributed by atoms with Crippen LogP contribution in [0.15, 0.2) is 37.6 Å². The second-order valence-corrected chi connectivity index (χ2v) is 7.50. The van der Waals surface area contributed by atoms with Crippen LogP contribution in [0.2, 0.25) is 0 Å². The average Bonchev–Trinajstić information content (AvgIpc) is 3.33. The minimum absolute atomic E-state index is 0.142. The van der Waals surface area contributed by atoms with Crippen molar-refractivity contribution in [2.75, 3.05) is 11.1 Å². The highest BCUT2D eigenvalue weighted by atomic mass is 32.2. The maximum Gasteiger partial charge on any atom is 0.261 e. The number of thioether (sulfide) groups is 1. The fourth-order valence-electron chi connectivity index (χ4n) is 2.12. The van der Waals surface area contributed by atoms with Crippen LogP contribution in [0, 0.1) is 13.8 Å². The molecule has 3 aromatic heterocycles. The first kappa shape index (κ1) is 18.2. The smallest absolute Gasteiger partial charge is 0.261 e. The minimum Gasteiger partial charge on any atom is -0.467 e. The standard InChI is InChI=1S/C16H16N4O4S2/c1-9-6-12(10(2)24-9)14(22)18-15-19-20-16(26-15)25-8-13(21)17-7-11-4-3-5-23-11/h3-6H,7-8H2,1-2H3,(H,17,21)(H,18,19,22). The molecule has 136 valence electrons. The highest BCUT2D eigenvalue weighted by Crippen LogP contribution is 2.26. The highest BCUT2D eigenvalue weighted by molar-refractivity contribution is 8.01. The van der Waals surface area contributed by atoms with Gasteiger partial charge in [-0.3, -0.25) is 14.9 Å². The Bertz CT molecular complexity index is 901. The van der Waals surface area contributed by atoms with E-state index in [0.29, 0.717) is 38.9 Å². The lowest BCUT2D eigenvalue weighted by molar-refractivity contribution is -0.118. The number of rotatable bonds is 7. The Balaban J connectivity index is 1.47. The monoisotopic (exact) mass is 392 g/mol. The minimum atomic E-state index is -0.303. The molecule has 3 heterocycles. The van der Waals surface area contributed by atoms with Crippen LogP contribution in [0.25, 0.3) is 0 Å². The fraction of sp³-hybridized carbons (Fsp3) is 0.250. The van der Waals surface area contributed by atoms with Crippen molar-refractivity contribution in [3.05, 3.63) is 47.3 Å². The van der Waals surface area contributed by atoms with Gasteiger partial charge in [-0.1, -0.05) is 23.1 Å². The maximum absolute atomic E-state index is 12.2. The molecule has 0 aliphatic rings. The summed E-state index contributed by atoms with van der Waals surface area (Å²) in [4.78, 5) is 24.0. The largest absolute Gasteiger partial charge is 0.467 e. The van der Waals surface area contributed by atoms with Gasteiger partial charge in [-0.25, -0.2) is 0 Å². The Kier molecular flexibility index (Phi) is 5.74. The molecule has 3 rings (SSSR count). The highest BCUT2D eigenvalue weighted by Gasteiger charge is 2.16. The van der Waals surface area contributed by atoms with Crippen molar-refractivity contribution >= 4 is 40.0 Å². The zero-order valence-electron chi connectivity index (χ0n) is 14.1. The van der Waals surface area contributed by atoms with E-state index >= 15 is 0 Å². The molecular weight excluding hydrogens is 376 g/mol. The Morgan fingerprint density at radius 3 is 2.85 bits per heavy atom. The van der Waals surface area contributed by atoms with Crippen LogP contribution in [-0.4, -0.2) is 27.8 Å². The molecule has 3 aromatic rings. The first-order valence-electron chi connectivity index (χ1n) is 7.65. The lowest BCUT2D eigenvalue weighted by Crippen LogP contribution is -2.24. The van der Waals surface area contributed by atoms with E-state index in [4.69, 9.17) is 8.83 Å². The average molecular weight is 392 g/mol. The normalized spacial score (nSPS) is 10.7. The van der Waals surface area contributed by atoms with Crippen LogP contribution in [0.3, 0.4) is 0 Å². The topological polar surface area (TPSA) is 110 Å². The molecule has 0 bridgehead atoms. The van der Waals surface area contributed by atoms with Gasteiger partial charge >= 0.3 is 0 Å². The number of aryl methyl sites for hydroxylation is 2. The van der Waals surface area contributed by atoms with E-state index in [2.05, 4.69) is 20.8 Å². The van der Waals surface area contributed by atoms with Crippen molar-refractivity contribution in [1.82, 2.24) is 15.5 Å². The third-order valence-electron chi connectivity index (χ3n) is 3.28. The second kappa shape index (κ2) is 8.19. The molecule has 0 fully saturated rings. The molecule has 0 unspecified atom stereocenters. The van der Waals surface area contributed by atoms with E-state index in [1.165, 1.54) is 23.1 Å². The molecule has 0 radical (unpaired) electrons. The zero-order valence-corrected chi connectivity index (χ0v) is 15.7. The molecular formula is C16H16N4O4S2. The summed E-state index contributed by atoms with van der Waals surface area (Å²) < 4.78 is 11.1. The van der Waals surface area contributed by atoms with Gasteiger partial charge in [0, 0.05) is 0 Å². The maximum atomic E-state index is 12.2. The van der Waals surface area contributed by atoms with Gasteiger partial charge in [-0.15, -0.1) is 10.2 Å². The Labute approximate surface area is 157 Å². The predicted molar refractivity (Wildman–Crippen MR) is 97.3 cm³/mol. The number of hydrogen-bond acceptors (Lipinski definition) is 8. The number of carbonyl (C=O) groups excluding carboxylic acids is 2. The molecule has 0 saturated heterocycles. The number of nitrogens with one attached hydrogen (secondary N) is 2.